The zero-order chi connectivity index (χ0) is 16.4. The SMILES string of the molecule is Clc1ccccc1-c1nc(Nc2ccncc2)c2nccnc2n1. The second kappa shape index (κ2) is 6.17. The first-order valence-electron chi connectivity index (χ1n) is 7.22. The molecular formula is C17H11ClN6. The highest BCUT2D eigenvalue weighted by Gasteiger charge is 2.13. The smallest absolute Gasteiger partial charge is 0.184 e. The van der Waals surface area contributed by atoms with E-state index in [-0.39, 0.29) is 0 Å². The molecule has 7 heteroatoms. The molecule has 0 saturated heterocycles. The van der Waals surface area contributed by atoms with Crippen molar-refractivity contribution < 1.29 is 0 Å². The van der Waals surface area contributed by atoms with Gasteiger partial charge >= 0.3 is 0 Å². The number of anilines is 2. The Balaban J connectivity index is 1.90. The average Bonchev–Trinajstić information content (AvgIpc) is 2.63. The van der Waals surface area contributed by atoms with Crippen LogP contribution in [0.25, 0.3) is 22.6 Å². The van der Waals surface area contributed by atoms with Crippen LogP contribution in [0.5, 0.6) is 0 Å². The fourth-order valence-corrected chi connectivity index (χ4v) is 2.51. The van der Waals surface area contributed by atoms with E-state index in [2.05, 4.69) is 30.2 Å². The minimum atomic E-state index is 0.491. The zero-order valence-corrected chi connectivity index (χ0v) is 13.1. The van der Waals surface area contributed by atoms with Crippen molar-refractivity contribution in [2.24, 2.45) is 0 Å². The molecule has 1 N–H and O–H groups in total. The van der Waals surface area contributed by atoms with Crippen molar-refractivity contribution >= 4 is 34.3 Å². The van der Waals surface area contributed by atoms with Crippen LogP contribution in [0.15, 0.2) is 61.2 Å². The van der Waals surface area contributed by atoms with Crippen LogP contribution >= 0.6 is 11.6 Å². The average molecular weight is 335 g/mol. The van der Waals surface area contributed by atoms with Crippen molar-refractivity contribution in [3.63, 3.8) is 0 Å². The van der Waals surface area contributed by atoms with E-state index in [0.717, 1.165) is 11.3 Å². The van der Waals surface area contributed by atoms with Gasteiger partial charge in [-0.15, -0.1) is 0 Å². The normalized spacial score (nSPS) is 10.7. The van der Waals surface area contributed by atoms with E-state index >= 15 is 0 Å². The van der Waals surface area contributed by atoms with Crippen LogP contribution in [0.4, 0.5) is 11.5 Å². The third-order valence-corrected chi connectivity index (χ3v) is 3.72. The summed E-state index contributed by atoms with van der Waals surface area (Å²) in [7, 11) is 0. The molecule has 0 saturated carbocycles. The number of nitrogens with zero attached hydrogens (tertiary/aromatic N) is 5. The summed E-state index contributed by atoms with van der Waals surface area (Å²) >= 11 is 6.28. The van der Waals surface area contributed by atoms with E-state index < -0.39 is 0 Å². The molecule has 0 aliphatic carbocycles. The molecule has 0 aliphatic rings. The minimum Gasteiger partial charge on any atom is -0.338 e. The Hall–Kier alpha value is -3.12. The van der Waals surface area contributed by atoms with Crippen molar-refractivity contribution in [1.82, 2.24) is 24.9 Å². The molecule has 0 radical (unpaired) electrons. The molecule has 1 aromatic carbocycles. The van der Waals surface area contributed by atoms with Gasteiger partial charge in [-0.1, -0.05) is 23.7 Å². The Morgan fingerprint density at radius 2 is 1.62 bits per heavy atom. The van der Waals surface area contributed by atoms with E-state index in [0.29, 0.717) is 27.8 Å². The number of nitrogens with one attached hydrogen (secondary N) is 1. The molecule has 3 heterocycles. The second-order valence-electron chi connectivity index (χ2n) is 4.97. The number of halogens is 1. The highest BCUT2D eigenvalue weighted by atomic mass is 35.5. The van der Waals surface area contributed by atoms with Crippen molar-refractivity contribution in [2.45, 2.75) is 0 Å². The van der Waals surface area contributed by atoms with Crippen molar-refractivity contribution in [2.75, 3.05) is 5.32 Å². The molecule has 0 aliphatic heterocycles. The van der Waals surface area contributed by atoms with Gasteiger partial charge in [0.1, 0.15) is 0 Å². The van der Waals surface area contributed by atoms with Gasteiger partial charge in [-0.25, -0.2) is 19.9 Å². The Morgan fingerprint density at radius 1 is 0.833 bits per heavy atom. The van der Waals surface area contributed by atoms with Gasteiger partial charge in [-0.05, 0) is 24.3 Å². The molecule has 3 aromatic heterocycles. The molecule has 0 spiro atoms. The maximum absolute atomic E-state index is 6.28. The van der Waals surface area contributed by atoms with E-state index in [9.17, 15) is 0 Å². The quantitative estimate of drug-likeness (QED) is 0.612. The number of aromatic nitrogens is 5. The zero-order valence-electron chi connectivity index (χ0n) is 12.4. The van der Waals surface area contributed by atoms with Crippen LogP contribution in [0, 0.1) is 0 Å². The predicted octanol–water partition coefficient (Wildman–Crippen LogP) is 3.88. The van der Waals surface area contributed by atoms with Crippen LogP contribution < -0.4 is 5.32 Å². The highest BCUT2D eigenvalue weighted by molar-refractivity contribution is 6.33. The lowest BCUT2D eigenvalue weighted by Crippen LogP contribution is -2.01. The van der Waals surface area contributed by atoms with Gasteiger partial charge in [-0.3, -0.25) is 4.98 Å². The van der Waals surface area contributed by atoms with Gasteiger partial charge in [0, 0.05) is 36.0 Å². The van der Waals surface area contributed by atoms with E-state index in [1.54, 1.807) is 30.9 Å². The number of pyridine rings is 1. The Bertz CT molecular complexity index is 1010. The first-order valence-corrected chi connectivity index (χ1v) is 7.60. The van der Waals surface area contributed by atoms with E-state index in [4.69, 9.17) is 11.6 Å². The van der Waals surface area contributed by atoms with Crippen molar-refractivity contribution in [1.29, 1.82) is 0 Å². The molecule has 116 valence electrons. The van der Waals surface area contributed by atoms with Gasteiger partial charge in [-0.2, -0.15) is 0 Å². The van der Waals surface area contributed by atoms with E-state index in [1.165, 1.54) is 0 Å². The molecule has 0 amide bonds. The number of benzene rings is 1. The minimum absolute atomic E-state index is 0.491. The van der Waals surface area contributed by atoms with Gasteiger partial charge in [0.05, 0.1) is 5.02 Å². The van der Waals surface area contributed by atoms with Gasteiger partial charge in [0.25, 0.3) is 0 Å². The summed E-state index contributed by atoms with van der Waals surface area (Å²) in [6.07, 6.45) is 6.61. The molecule has 0 fully saturated rings. The summed E-state index contributed by atoms with van der Waals surface area (Å²) in [5.41, 5.74) is 2.68. The first-order chi connectivity index (χ1) is 11.8. The number of fused-ring (bicyclic) bond motifs is 1. The first kappa shape index (κ1) is 14.5. The molecule has 0 unspecified atom stereocenters. The molecule has 24 heavy (non-hydrogen) atoms. The van der Waals surface area contributed by atoms with Crippen LogP contribution in [0.2, 0.25) is 5.02 Å². The maximum atomic E-state index is 6.28. The van der Waals surface area contributed by atoms with Gasteiger partial charge in [0.15, 0.2) is 22.8 Å². The highest BCUT2D eigenvalue weighted by Crippen LogP contribution is 2.28. The fraction of sp³-hybridized carbons (Fsp3) is 0. The second-order valence-corrected chi connectivity index (χ2v) is 5.37. The van der Waals surface area contributed by atoms with Crippen LogP contribution in [-0.4, -0.2) is 24.9 Å². The molecule has 0 bridgehead atoms. The molecule has 6 nitrogen and oxygen atoms in total. The number of hydrogen-bond acceptors (Lipinski definition) is 6. The largest absolute Gasteiger partial charge is 0.338 e. The van der Waals surface area contributed by atoms with E-state index in [1.807, 2.05) is 30.3 Å². The Labute approximate surface area is 142 Å². The summed E-state index contributed by atoms with van der Waals surface area (Å²) in [6.45, 7) is 0. The summed E-state index contributed by atoms with van der Waals surface area (Å²) in [6, 6.07) is 11.1. The lowest BCUT2D eigenvalue weighted by atomic mass is 10.2. The molecule has 4 aromatic rings. The fourth-order valence-electron chi connectivity index (χ4n) is 2.29. The third-order valence-electron chi connectivity index (χ3n) is 3.39. The Kier molecular flexibility index (Phi) is 3.72. The molecule has 4 rings (SSSR count). The van der Waals surface area contributed by atoms with Gasteiger partial charge in [0.2, 0.25) is 0 Å². The predicted molar refractivity (Wildman–Crippen MR) is 93.1 cm³/mol. The molecule has 0 atom stereocenters. The Morgan fingerprint density at radius 3 is 2.46 bits per heavy atom. The lowest BCUT2D eigenvalue weighted by Gasteiger charge is -2.10. The summed E-state index contributed by atoms with van der Waals surface area (Å²) in [5.74, 6) is 1.05. The molecular weight excluding hydrogens is 324 g/mol. The van der Waals surface area contributed by atoms with Gasteiger partial charge < -0.3 is 5.32 Å². The van der Waals surface area contributed by atoms with Crippen molar-refractivity contribution in [3.8, 4) is 11.4 Å². The summed E-state index contributed by atoms with van der Waals surface area (Å²) in [4.78, 5) is 21.7. The lowest BCUT2D eigenvalue weighted by molar-refractivity contribution is 1.15. The van der Waals surface area contributed by atoms with Crippen molar-refractivity contribution in [3.05, 3.63) is 66.2 Å². The maximum Gasteiger partial charge on any atom is 0.184 e. The standard InChI is InChI=1S/C17H11ClN6/c18-13-4-2-1-3-12(13)15-23-16-14(20-9-10-21-16)17(24-15)22-11-5-7-19-8-6-11/h1-10H,(H,19,21,22,23,24). The van der Waals surface area contributed by atoms with Crippen LogP contribution in [0.3, 0.4) is 0 Å². The topological polar surface area (TPSA) is 76.5 Å². The number of rotatable bonds is 3. The summed E-state index contributed by atoms with van der Waals surface area (Å²) in [5, 5.41) is 3.82. The monoisotopic (exact) mass is 334 g/mol. The third kappa shape index (κ3) is 2.75. The van der Waals surface area contributed by atoms with Crippen LogP contribution in [0.1, 0.15) is 0 Å². The summed E-state index contributed by atoms with van der Waals surface area (Å²) < 4.78 is 0. The van der Waals surface area contributed by atoms with Crippen LogP contribution in [-0.2, 0) is 0 Å². The number of hydrogen-bond donors (Lipinski definition) is 1.